The van der Waals surface area contributed by atoms with Crippen molar-refractivity contribution in [1.82, 2.24) is 14.7 Å². The number of aromatic nitrogens is 2. The summed E-state index contributed by atoms with van der Waals surface area (Å²) in [7, 11) is 0. The summed E-state index contributed by atoms with van der Waals surface area (Å²) in [5, 5.41) is 13.0. The highest BCUT2D eigenvalue weighted by Gasteiger charge is 2.20. The van der Waals surface area contributed by atoms with Crippen LogP contribution in [0.4, 0.5) is 0 Å². The van der Waals surface area contributed by atoms with Crippen LogP contribution < -0.4 is 0 Å². The zero-order valence-electron chi connectivity index (χ0n) is 9.76. The van der Waals surface area contributed by atoms with Crippen LogP contribution in [-0.2, 0) is 6.42 Å². The van der Waals surface area contributed by atoms with E-state index in [-0.39, 0.29) is 0 Å². The first kappa shape index (κ1) is 11.2. The molecule has 1 aliphatic rings. The van der Waals surface area contributed by atoms with Crippen molar-refractivity contribution in [3.8, 4) is 6.07 Å². The van der Waals surface area contributed by atoms with Crippen LogP contribution in [0.3, 0.4) is 0 Å². The molecule has 0 aromatic carbocycles. The second-order valence-corrected chi connectivity index (χ2v) is 4.35. The van der Waals surface area contributed by atoms with Gasteiger partial charge in [-0.05, 0) is 25.9 Å². The number of nitriles is 1. The van der Waals surface area contributed by atoms with Gasteiger partial charge in [0, 0.05) is 18.3 Å². The van der Waals surface area contributed by atoms with Crippen LogP contribution in [0.25, 0.3) is 0 Å². The molecule has 1 saturated heterocycles. The second-order valence-electron chi connectivity index (χ2n) is 4.35. The molecule has 0 radical (unpaired) electrons. The third-order valence-electron chi connectivity index (χ3n) is 3.24. The Balaban J connectivity index is 2.02. The highest BCUT2D eigenvalue weighted by atomic mass is 15.3. The third-order valence-corrected chi connectivity index (χ3v) is 3.24. The van der Waals surface area contributed by atoms with Crippen LogP contribution in [0.1, 0.15) is 31.4 Å². The van der Waals surface area contributed by atoms with Gasteiger partial charge in [0.15, 0.2) is 0 Å². The smallest absolute Gasteiger partial charge is 0.0670 e. The van der Waals surface area contributed by atoms with Crippen molar-refractivity contribution in [3.05, 3.63) is 18.0 Å². The van der Waals surface area contributed by atoms with Crippen molar-refractivity contribution in [3.63, 3.8) is 0 Å². The van der Waals surface area contributed by atoms with Crippen molar-refractivity contribution < 1.29 is 0 Å². The van der Waals surface area contributed by atoms with E-state index < -0.39 is 0 Å². The van der Waals surface area contributed by atoms with Gasteiger partial charge in [-0.15, -0.1) is 0 Å². The van der Waals surface area contributed by atoms with E-state index in [4.69, 9.17) is 5.26 Å². The lowest BCUT2D eigenvalue weighted by Gasteiger charge is -2.31. The molecular formula is C12H18N4. The molecule has 86 valence electrons. The average molecular weight is 218 g/mol. The molecule has 0 amide bonds. The van der Waals surface area contributed by atoms with Crippen molar-refractivity contribution in [2.75, 3.05) is 19.6 Å². The topological polar surface area (TPSA) is 44.9 Å². The Morgan fingerprint density at radius 2 is 2.50 bits per heavy atom. The van der Waals surface area contributed by atoms with Crippen LogP contribution in [-0.4, -0.2) is 34.3 Å². The first-order valence-corrected chi connectivity index (χ1v) is 5.95. The van der Waals surface area contributed by atoms with Gasteiger partial charge in [0.2, 0.25) is 0 Å². The van der Waals surface area contributed by atoms with Gasteiger partial charge >= 0.3 is 0 Å². The van der Waals surface area contributed by atoms with Crippen LogP contribution in [0.2, 0.25) is 0 Å². The fourth-order valence-electron chi connectivity index (χ4n) is 2.29. The number of likely N-dealkylation sites (N-methyl/N-ethyl adjacent to an activating group) is 1. The monoisotopic (exact) mass is 218 g/mol. The zero-order valence-corrected chi connectivity index (χ0v) is 9.76. The summed E-state index contributed by atoms with van der Waals surface area (Å²) in [6.45, 7) is 5.61. The lowest BCUT2D eigenvalue weighted by molar-refractivity contribution is 0.177. The molecule has 0 N–H and O–H groups in total. The highest BCUT2D eigenvalue weighted by Crippen LogP contribution is 2.20. The highest BCUT2D eigenvalue weighted by molar-refractivity contribution is 5.10. The van der Waals surface area contributed by atoms with Crippen LogP contribution in [0.15, 0.2) is 12.4 Å². The van der Waals surface area contributed by atoms with Gasteiger partial charge in [-0.25, -0.2) is 0 Å². The van der Waals surface area contributed by atoms with Gasteiger partial charge < -0.3 is 4.90 Å². The molecule has 1 unspecified atom stereocenters. The predicted molar refractivity (Wildman–Crippen MR) is 61.9 cm³/mol. The molecular weight excluding hydrogens is 200 g/mol. The number of likely N-dealkylation sites (tertiary alicyclic amines) is 1. The molecule has 1 aromatic heterocycles. The van der Waals surface area contributed by atoms with E-state index in [0.29, 0.717) is 12.5 Å². The maximum atomic E-state index is 8.62. The summed E-state index contributed by atoms with van der Waals surface area (Å²) in [4.78, 5) is 2.46. The maximum absolute atomic E-state index is 8.62. The number of nitrogens with zero attached hydrogens (tertiary/aromatic N) is 4. The van der Waals surface area contributed by atoms with Crippen molar-refractivity contribution in [2.45, 2.75) is 32.2 Å². The summed E-state index contributed by atoms with van der Waals surface area (Å²) in [5.74, 6) is 0. The molecule has 0 saturated carbocycles. The Morgan fingerprint density at radius 1 is 1.62 bits per heavy atom. The minimum Gasteiger partial charge on any atom is -0.301 e. The largest absolute Gasteiger partial charge is 0.301 e. The van der Waals surface area contributed by atoms with Crippen molar-refractivity contribution in [1.29, 1.82) is 5.26 Å². The minimum absolute atomic E-state index is 0.463. The van der Waals surface area contributed by atoms with Crippen molar-refractivity contribution >= 4 is 0 Å². The van der Waals surface area contributed by atoms with Gasteiger partial charge in [-0.1, -0.05) is 6.92 Å². The Hall–Kier alpha value is -1.34. The Labute approximate surface area is 96.5 Å². The van der Waals surface area contributed by atoms with E-state index >= 15 is 0 Å². The fourth-order valence-corrected chi connectivity index (χ4v) is 2.29. The molecule has 1 fully saturated rings. The van der Waals surface area contributed by atoms with Crippen LogP contribution in [0, 0.1) is 11.3 Å². The first-order chi connectivity index (χ1) is 7.83. The van der Waals surface area contributed by atoms with Crippen LogP contribution >= 0.6 is 0 Å². The van der Waals surface area contributed by atoms with E-state index in [2.05, 4.69) is 23.0 Å². The Morgan fingerprint density at radius 3 is 3.25 bits per heavy atom. The number of rotatable bonds is 3. The first-order valence-electron chi connectivity index (χ1n) is 5.95. The van der Waals surface area contributed by atoms with E-state index in [1.165, 1.54) is 19.4 Å². The molecule has 2 rings (SSSR count). The van der Waals surface area contributed by atoms with E-state index in [1.807, 2.05) is 17.1 Å². The SMILES string of the molecule is CCN1CCCC(n2cc(CC#N)cn2)C1. The molecule has 16 heavy (non-hydrogen) atoms. The number of hydrogen-bond acceptors (Lipinski definition) is 3. The molecule has 1 aliphatic heterocycles. The lowest BCUT2D eigenvalue weighted by Crippen LogP contribution is -2.36. The summed E-state index contributed by atoms with van der Waals surface area (Å²) in [6, 6.07) is 2.64. The van der Waals surface area contributed by atoms with E-state index in [1.54, 1.807) is 0 Å². The zero-order chi connectivity index (χ0) is 11.4. The number of piperidine rings is 1. The molecule has 4 heteroatoms. The van der Waals surface area contributed by atoms with E-state index in [0.717, 1.165) is 18.7 Å². The van der Waals surface area contributed by atoms with E-state index in [9.17, 15) is 0 Å². The molecule has 4 nitrogen and oxygen atoms in total. The van der Waals surface area contributed by atoms with Crippen LogP contribution in [0.5, 0.6) is 0 Å². The molecule has 0 aliphatic carbocycles. The summed E-state index contributed by atoms with van der Waals surface area (Å²) in [6.07, 6.45) is 6.74. The quantitative estimate of drug-likeness (QED) is 0.774. The number of hydrogen-bond donors (Lipinski definition) is 0. The molecule has 0 spiro atoms. The van der Waals surface area contributed by atoms with Gasteiger partial charge in [0.1, 0.15) is 0 Å². The Kier molecular flexibility index (Phi) is 3.58. The summed E-state index contributed by atoms with van der Waals surface area (Å²) < 4.78 is 2.04. The molecule has 2 heterocycles. The third kappa shape index (κ3) is 2.42. The Bertz CT molecular complexity index is 377. The lowest BCUT2D eigenvalue weighted by atomic mass is 10.1. The summed E-state index contributed by atoms with van der Waals surface area (Å²) in [5.41, 5.74) is 1.02. The van der Waals surface area contributed by atoms with Gasteiger partial charge in [-0.2, -0.15) is 10.4 Å². The van der Waals surface area contributed by atoms with Crippen molar-refractivity contribution in [2.24, 2.45) is 0 Å². The standard InChI is InChI=1S/C12H18N4/c1-2-15-7-3-4-12(10-15)16-9-11(5-6-13)8-14-16/h8-9,12H,2-5,7,10H2,1H3. The fraction of sp³-hybridized carbons (Fsp3) is 0.667. The summed E-state index contributed by atoms with van der Waals surface area (Å²) >= 11 is 0. The normalized spacial score (nSPS) is 21.9. The second kappa shape index (κ2) is 5.13. The molecule has 1 atom stereocenters. The predicted octanol–water partition coefficient (Wildman–Crippen LogP) is 1.61. The van der Waals surface area contributed by atoms with Gasteiger partial charge in [-0.3, -0.25) is 4.68 Å². The average Bonchev–Trinajstić information content (AvgIpc) is 2.78. The molecule has 1 aromatic rings. The minimum atomic E-state index is 0.463. The molecule has 0 bridgehead atoms. The van der Waals surface area contributed by atoms with Gasteiger partial charge in [0.25, 0.3) is 0 Å². The maximum Gasteiger partial charge on any atom is 0.0670 e. The van der Waals surface area contributed by atoms with Gasteiger partial charge in [0.05, 0.1) is 24.7 Å².